The fraction of sp³-hybridized carbons (Fsp3) is 0.556. The van der Waals surface area contributed by atoms with Crippen LogP contribution >= 0.6 is 0 Å². The Morgan fingerprint density at radius 2 is 1.42 bits per heavy atom. The van der Waals surface area contributed by atoms with Crippen LogP contribution in [0, 0.1) is 0 Å². The van der Waals surface area contributed by atoms with Gasteiger partial charge in [-0.25, -0.2) is 9.59 Å². The lowest BCUT2D eigenvalue weighted by atomic mass is 9.96. The number of ether oxygens (including phenoxy) is 1. The van der Waals surface area contributed by atoms with Crippen molar-refractivity contribution in [2.75, 3.05) is 6.61 Å². The van der Waals surface area contributed by atoms with Gasteiger partial charge in [0.2, 0.25) is 0 Å². The Labute approximate surface area is 107 Å². The Balaban J connectivity index is 0. The van der Waals surface area contributed by atoms with Gasteiger partial charge in [-0.2, -0.15) is 0 Å². The van der Waals surface area contributed by atoms with E-state index in [1.807, 2.05) is 0 Å². The number of rotatable bonds is 6. The van der Waals surface area contributed by atoms with Gasteiger partial charge in [0.05, 0.1) is 19.4 Å². The number of carbonyl (C=O) groups is 4. The van der Waals surface area contributed by atoms with Gasteiger partial charge >= 0.3 is 24.0 Å². The van der Waals surface area contributed by atoms with Crippen molar-refractivity contribution in [3.63, 3.8) is 0 Å². The number of aliphatic hydroxyl groups is 1. The van der Waals surface area contributed by atoms with Gasteiger partial charge < -0.3 is 30.9 Å². The molecule has 0 saturated heterocycles. The summed E-state index contributed by atoms with van der Waals surface area (Å²) in [5.41, 5.74) is 1.80. The summed E-state index contributed by atoms with van der Waals surface area (Å²) in [5, 5.41) is 33.8. The molecule has 1 amide bonds. The summed E-state index contributed by atoms with van der Waals surface area (Å²) in [6.07, 6.45) is -3.00. The molecule has 0 heterocycles. The molecule has 0 fully saturated rings. The lowest BCUT2D eigenvalue weighted by Gasteiger charge is -2.18. The molecule has 0 aliphatic rings. The third kappa shape index (κ3) is 10.5. The summed E-state index contributed by atoms with van der Waals surface area (Å²) in [4.78, 5) is 40.1. The van der Waals surface area contributed by atoms with Crippen LogP contribution in [0.15, 0.2) is 0 Å². The second kappa shape index (κ2) is 8.69. The van der Waals surface area contributed by atoms with E-state index in [1.165, 1.54) is 0 Å². The Kier molecular flexibility index (Phi) is 8.69. The van der Waals surface area contributed by atoms with Crippen molar-refractivity contribution in [3.8, 4) is 0 Å². The molecule has 0 atom stereocenters. The Bertz CT molecular complexity index is 336. The van der Waals surface area contributed by atoms with Crippen LogP contribution in [0.5, 0.6) is 0 Å². The number of nitrogens with two attached hydrogens (primary N) is 1. The minimum atomic E-state index is -2.74. The average Bonchev–Trinajstić information content (AvgIpc) is 2.14. The molecule has 6 N–H and O–H groups in total. The summed E-state index contributed by atoms with van der Waals surface area (Å²) in [6, 6.07) is 0. The van der Waals surface area contributed by atoms with Gasteiger partial charge in [-0.15, -0.1) is 0 Å². The van der Waals surface area contributed by atoms with Crippen LogP contribution in [0.3, 0.4) is 0 Å². The molecule has 0 unspecified atom stereocenters. The van der Waals surface area contributed by atoms with Gasteiger partial charge in [0, 0.05) is 0 Å². The molecule has 0 aromatic rings. The second-order valence-electron chi connectivity index (χ2n) is 3.23. The molecule has 0 spiro atoms. The van der Waals surface area contributed by atoms with E-state index in [0.717, 1.165) is 0 Å². The third-order valence-electron chi connectivity index (χ3n) is 1.57. The van der Waals surface area contributed by atoms with E-state index in [4.69, 9.17) is 20.4 Å². The van der Waals surface area contributed by atoms with Crippen LogP contribution in [0.1, 0.15) is 19.8 Å². The average molecular weight is 281 g/mol. The largest absolute Gasteiger partial charge is 0.481 e. The molecule has 110 valence electrons. The van der Waals surface area contributed by atoms with Crippen LogP contribution in [0.4, 0.5) is 4.79 Å². The van der Waals surface area contributed by atoms with Crippen molar-refractivity contribution in [3.05, 3.63) is 0 Å². The summed E-state index contributed by atoms with van der Waals surface area (Å²) < 4.78 is 4.18. The number of hydrogen-bond donors (Lipinski definition) is 5. The maximum Gasteiger partial charge on any atom is 0.404 e. The highest BCUT2D eigenvalue weighted by atomic mass is 16.5. The van der Waals surface area contributed by atoms with Crippen molar-refractivity contribution in [1.29, 1.82) is 0 Å². The lowest BCUT2D eigenvalue weighted by Crippen LogP contribution is -2.42. The molecule has 0 rings (SSSR count). The van der Waals surface area contributed by atoms with Gasteiger partial charge in [-0.3, -0.25) is 9.59 Å². The molecule has 0 aliphatic carbocycles. The van der Waals surface area contributed by atoms with Gasteiger partial charge in [0.25, 0.3) is 0 Å². The lowest BCUT2D eigenvalue weighted by molar-refractivity contribution is -0.170. The number of carboxylic acid groups (broad SMARTS) is 3. The smallest absolute Gasteiger partial charge is 0.404 e. The Morgan fingerprint density at radius 3 is 1.53 bits per heavy atom. The van der Waals surface area contributed by atoms with Crippen LogP contribution in [-0.4, -0.2) is 56.6 Å². The SMILES string of the molecule is CCOC(N)=O.O=C(O)CC(O)(CC(=O)O)C(=O)O. The van der Waals surface area contributed by atoms with E-state index in [-0.39, 0.29) is 0 Å². The van der Waals surface area contributed by atoms with Gasteiger partial charge in [0.1, 0.15) is 0 Å². The first kappa shape index (κ1) is 19.0. The van der Waals surface area contributed by atoms with Gasteiger partial charge in [-0.1, -0.05) is 0 Å². The van der Waals surface area contributed by atoms with Gasteiger partial charge in [-0.05, 0) is 6.92 Å². The monoisotopic (exact) mass is 281 g/mol. The Hall–Kier alpha value is -2.36. The first-order valence-electron chi connectivity index (χ1n) is 4.86. The highest BCUT2D eigenvalue weighted by Gasteiger charge is 2.40. The maximum absolute atomic E-state index is 10.3. The minimum Gasteiger partial charge on any atom is -0.481 e. The first-order chi connectivity index (χ1) is 8.55. The van der Waals surface area contributed by atoms with Crippen LogP contribution in [-0.2, 0) is 19.1 Å². The van der Waals surface area contributed by atoms with Crippen molar-refractivity contribution in [2.45, 2.75) is 25.4 Å². The fourth-order valence-electron chi connectivity index (χ4n) is 0.856. The summed E-state index contributed by atoms with van der Waals surface area (Å²) in [7, 11) is 0. The van der Waals surface area contributed by atoms with Crippen molar-refractivity contribution in [2.24, 2.45) is 5.73 Å². The van der Waals surface area contributed by atoms with Crippen molar-refractivity contribution >= 4 is 24.0 Å². The summed E-state index contributed by atoms with van der Waals surface area (Å²) in [5.74, 6) is -5.02. The highest BCUT2D eigenvalue weighted by Crippen LogP contribution is 2.15. The molecule has 0 aromatic carbocycles. The number of aliphatic carboxylic acids is 3. The zero-order valence-electron chi connectivity index (χ0n) is 10.0. The molecule has 0 saturated carbocycles. The molecule has 0 aromatic heterocycles. The van der Waals surface area contributed by atoms with Gasteiger partial charge in [0.15, 0.2) is 5.60 Å². The number of carbonyl (C=O) groups excluding carboxylic acids is 1. The maximum atomic E-state index is 10.3. The third-order valence-corrected chi connectivity index (χ3v) is 1.57. The van der Waals surface area contributed by atoms with E-state index in [2.05, 4.69) is 10.5 Å². The fourth-order valence-corrected chi connectivity index (χ4v) is 0.856. The van der Waals surface area contributed by atoms with E-state index in [0.29, 0.717) is 6.61 Å². The summed E-state index contributed by atoms with van der Waals surface area (Å²) in [6.45, 7) is 2.06. The normalized spacial score (nSPS) is 9.79. The zero-order valence-corrected chi connectivity index (χ0v) is 10.0. The number of hydrogen-bond acceptors (Lipinski definition) is 6. The molecule has 0 bridgehead atoms. The summed E-state index contributed by atoms with van der Waals surface area (Å²) >= 11 is 0. The standard InChI is InChI=1S/C6H8O7.C3H7NO2/c7-3(8)1-6(13,5(11)12)2-4(9)10;1-2-6-3(4)5/h13H,1-2H2,(H,7,8)(H,9,10)(H,11,12);2H2,1H3,(H2,4,5). The highest BCUT2D eigenvalue weighted by molar-refractivity contribution is 5.88. The van der Waals surface area contributed by atoms with E-state index in [9.17, 15) is 19.2 Å². The molecule has 0 aliphatic heterocycles. The number of carboxylic acids is 3. The molecular weight excluding hydrogens is 266 g/mol. The van der Waals surface area contributed by atoms with E-state index in [1.54, 1.807) is 6.92 Å². The molecule has 10 heteroatoms. The van der Waals surface area contributed by atoms with Crippen LogP contribution in [0.25, 0.3) is 0 Å². The van der Waals surface area contributed by atoms with E-state index < -0.39 is 42.4 Å². The second-order valence-corrected chi connectivity index (χ2v) is 3.23. The Morgan fingerprint density at radius 1 is 1.05 bits per heavy atom. The van der Waals surface area contributed by atoms with Crippen LogP contribution in [0.2, 0.25) is 0 Å². The molecule has 19 heavy (non-hydrogen) atoms. The number of primary amides is 1. The predicted molar refractivity (Wildman–Crippen MR) is 58.3 cm³/mol. The number of amides is 1. The van der Waals surface area contributed by atoms with Crippen molar-refractivity contribution in [1.82, 2.24) is 0 Å². The topological polar surface area (TPSA) is 184 Å². The first-order valence-corrected chi connectivity index (χ1v) is 4.86. The predicted octanol–water partition coefficient (Wildman–Crippen LogP) is -1.15. The molecule has 10 nitrogen and oxygen atoms in total. The zero-order chi connectivity index (χ0) is 15.6. The van der Waals surface area contributed by atoms with Crippen LogP contribution < -0.4 is 5.73 Å². The van der Waals surface area contributed by atoms with E-state index >= 15 is 0 Å². The quantitative estimate of drug-likeness (QED) is 0.401. The molecular formula is C9H15NO9. The van der Waals surface area contributed by atoms with Crippen molar-refractivity contribution < 1.29 is 44.3 Å². The minimum absolute atomic E-state index is 0.356. The molecule has 0 radical (unpaired) electrons.